The predicted octanol–water partition coefficient (Wildman–Crippen LogP) is 2.68. The smallest absolute Gasteiger partial charge is 0.193 e. The highest BCUT2D eigenvalue weighted by Gasteiger charge is 2.19. The van der Waals surface area contributed by atoms with Crippen LogP contribution in [0.2, 0.25) is 0 Å². The normalized spacial score (nSPS) is 10.7. The molecule has 0 radical (unpaired) electrons. The fourth-order valence-corrected chi connectivity index (χ4v) is 0.965. The zero-order chi connectivity index (χ0) is 7.49. The molecule has 0 aromatic carbocycles. The van der Waals surface area contributed by atoms with Crippen LogP contribution in [-0.2, 0) is 4.79 Å². The largest absolute Gasteiger partial charge is 0.300 e. The van der Waals surface area contributed by atoms with Crippen LogP contribution in [0.5, 0.6) is 0 Å². The monoisotopic (exact) mass is 206 g/mol. The lowest BCUT2D eigenvalue weighted by Crippen LogP contribution is -2.09. The van der Waals surface area contributed by atoms with Crippen LogP contribution in [0.25, 0.3) is 0 Å². The third kappa shape index (κ3) is 5.04. The van der Waals surface area contributed by atoms with Crippen molar-refractivity contribution in [2.45, 2.75) is 4.33 Å². The van der Waals surface area contributed by atoms with Crippen LogP contribution in [0.1, 0.15) is 0 Å². The Bertz CT molecular complexity index is 136. The zero-order valence-corrected chi connectivity index (χ0v) is 7.10. The number of halogens is 4. The lowest BCUT2D eigenvalue weighted by molar-refractivity contribution is -0.107. The van der Waals surface area contributed by atoms with E-state index < -0.39 is 4.33 Å². The molecule has 0 aliphatic carbocycles. The van der Waals surface area contributed by atoms with Gasteiger partial charge in [0.25, 0.3) is 0 Å². The maximum absolute atomic E-state index is 9.94. The van der Waals surface area contributed by atoms with E-state index in [-0.39, 0.29) is 4.49 Å². The second-order valence-corrected chi connectivity index (χ2v) is 3.68. The highest BCUT2D eigenvalue weighted by atomic mass is 35.5. The average molecular weight is 208 g/mol. The Labute approximate surface area is 72.5 Å². The van der Waals surface area contributed by atoms with Gasteiger partial charge in [-0.15, -0.1) is 0 Å². The lowest BCUT2D eigenvalue weighted by Gasteiger charge is -2.02. The molecule has 0 bridgehead atoms. The fourth-order valence-electron chi connectivity index (χ4n) is 0.179. The minimum atomic E-state index is -1.60. The Balaban J connectivity index is 4.18. The van der Waals surface area contributed by atoms with Gasteiger partial charge in [0.1, 0.15) is 4.49 Å². The molecule has 0 atom stereocenters. The van der Waals surface area contributed by atoms with Gasteiger partial charge in [-0.25, -0.2) is 0 Å². The molecule has 0 aromatic rings. The summed E-state index contributed by atoms with van der Waals surface area (Å²) < 4.78 is -1.73. The summed E-state index contributed by atoms with van der Waals surface area (Å²) >= 11 is 20.8. The number of hydrogen-bond donors (Lipinski definition) is 0. The summed E-state index contributed by atoms with van der Waals surface area (Å²) in [6, 6.07) is 0. The highest BCUT2D eigenvalue weighted by Crippen LogP contribution is 2.23. The molecule has 9 heavy (non-hydrogen) atoms. The van der Waals surface area contributed by atoms with Crippen molar-refractivity contribution in [2.75, 3.05) is 0 Å². The van der Waals surface area contributed by atoms with Crippen LogP contribution in [0, 0.1) is 0 Å². The Morgan fingerprint density at radius 1 is 1.33 bits per heavy atom. The number of carbonyl (C=O) groups is 1. The maximum Gasteiger partial charge on any atom is 0.193 e. The Morgan fingerprint density at radius 2 is 1.78 bits per heavy atom. The van der Waals surface area contributed by atoms with Gasteiger partial charge in [-0.05, 0) is 6.08 Å². The van der Waals surface area contributed by atoms with E-state index in [1.165, 1.54) is 0 Å². The van der Waals surface area contributed by atoms with Crippen molar-refractivity contribution in [1.82, 2.24) is 0 Å². The minimum absolute atomic E-state index is 0.132. The molecule has 0 aliphatic rings. The minimum Gasteiger partial charge on any atom is -0.300 e. The van der Waals surface area contributed by atoms with E-state index in [0.717, 1.165) is 6.08 Å². The zero-order valence-electron chi connectivity index (χ0n) is 4.07. The molecule has 0 aromatic heterocycles. The third-order valence-corrected chi connectivity index (χ3v) is 1.07. The molecule has 0 heterocycles. The maximum atomic E-state index is 9.94. The molecular formula is C4H2Cl4O. The van der Waals surface area contributed by atoms with Crippen molar-refractivity contribution < 1.29 is 4.79 Å². The van der Waals surface area contributed by atoms with Gasteiger partial charge in [-0.1, -0.05) is 46.4 Å². The molecule has 0 unspecified atom stereocenters. The van der Waals surface area contributed by atoms with E-state index in [4.69, 9.17) is 46.4 Å². The molecule has 52 valence electrons. The van der Waals surface area contributed by atoms with E-state index in [1.807, 2.05) is 0 Å². The van der Waals surface area contributed by atoms with Gasteiger partial charge in [0.2, 0.25) is 0 Å². The Kier molecular flexibility index (Phi) is 3.90. The summed E-state index contributed by atoms with van der Waals surface area (Å²) in [5.41, 5.74) is 0. The summed E-state index contributed by atoms with van der Waals surface area (Å²) in [7, 11) is 0. The molecule has 0 saturated carbocycles. The molecule has 0 amide bonds. The lowest BCUT2D eigenvalue weighted by atomic mass is 10.4. The van der Waals surface area contributed by atoms with Gasteiger partial charge in [0, 0.05) is 0 Å². The van der Waals surface area contributed by atoms with E-state index in [2.05, 4.69) is 0 Å². The van der Waals surface area contributed by atoms with Crippen molar-refractivity contribution in [1.29, 1.82) is 0 Å². The standard InChI is InChI=1S/C4H2Cl4O/c5-3(6)1-4(7,8)2-9/h1-2H. The summed E-state index contributed by atoms with van der Waals surface area (Å²) in [6.45, 7) is 0. The summed E-state index contributed by atoms with van der Waals surface area (Å²) in [5, 5.41) is 0. The van der Waals surface area contributed by atoms with Crippen molar-refractivity contribution in [2.24, 2.45) is 0 Å². The number of alkyl halides is 2. The van der Waals surface area contributed by atoms with Gasteiger partial charge in [-0.3, -0.25) is 4.79 Å². The first-order valence-corrected chi connectivity index (χ1v) is 3.37. The number of allylic oxidation sites excluding steroid dienone is 1. The van der Waals surface area contributed by atoms with Crippen molar-refractivity contribution in [3.05, 3.63) is 10.6 Å². The summed E-state index contributed by atoms with van der Waals surface area (Å²) in [4.78, 5) is 9.94. The second kappa shape index (κ2) is 3.67. The first-order chi connectivity index (χ1) is 3.98. The van der Waals surface area contributed by atoms with Gasteiger partial charge >= 0.3 is 0 Å². The first-order valence-electron chi connectivity index (χ1n) is 1.86. The van der Waals surface area contributed by atoms with E-state index >= 15 is 0 Å². The van der Waals surface area contributed by atoms with Crippen molar-refractivity contribution in [3.8, 4) is 0 Å². The van der Waals surface area contributed by atoms with Crippen LogP contribution < -0.4 is 0 Å². The van der Waals surface area contributed by atoms with E-state index in [1.54, 1.807) is 0 Å². The van der Waals surface area contributed by atoms with Gasteiger partial charge < -0.3 is 0 Å². The van der Waals surface area contributed by atoms with Crippen LogP contribution in [0.4, 0.5) is 0 Å². The van der Waals surface area contributed by atoms with Gasteiger partial charge in [0.15, 0.2) is 10.6 Å². The molecular weight excluding hydrogens is 206 g/mol. The topological polar surface area (TPSA) is 17.1 Å². The number of hydrogen-bond acceptors (Lipinski definition) is 1. The second-order valence-electron chi connectivity index (χ2n) is 1.23. The van der Waals surface area contributed by atoms with Crippen molar-refractivity contribution in [3.63, 3.8) is 0 Å². The molecule has 0 N–H and O–H groups in total. The predicted molar refractivity (Wildman–Crippen MR) is 40.3 cm³/mol. The molecule has 0 fully saturated rings. The molecule has 1 nitrogen and oxygen atoms in total. The van der Waals surface area contributed by atoms with Gasteiger partial charge in [-0.2, -0.15) is 0 Å². The Morgan fingerprint density at radius 3 is 1.89 bits per heavy atom. The number of carbonyl (C=O) groups excluding carboxylic acids is 1. The summed E-state index contributed by atoms with van der Waals surface area (Å²) in [5.74, 6) is 0. The van der Waals surface area contributed by atoms with Gasteiger partial charge in [0.05, 0.1) is 0 Å². The number of rotatable bonds is 2. The molecule has 0 rings (SSSR count). The molecule has 0 saturated heterocycles. The molecule has 5 heteroatoms. The quantitative estimate of drug-likeness (QED) is 0.503. The highest BCUT2D eigenvalue weighted by molar-refractivity contribution is 6.61. The molecule has 0 spiro atoms. The van der Waals surface area contributed by atoms with Crippen LogP contribution >= 0.6 is 46.4 Å². The van der Waals surface area contributed by atoms with Crippen molar-refractivity contribution >= 4 is 52.7 Å². The number of aldehydes is 1. The third-order valence-electron chi connectivity index (χ3n) is 0.459. The summed E-state index contributed by atoms with van der Waals surface area (Å²) in [6.07, 6.45) is 1.34. The fraction of sp³-hybridized carbons (Fsp3) is 0.250. The average Bonchev–Trinajstić information content (AvgIpc) is 1.63. The Hall–Kier alpha value is 0.570. The molecule has 0 aliphatic heterocycles. The van der Waals surface area contributed by atoms with E-state index in [9.17, 15) is 4.79 Å². The van der Waals surface area contributed by atoms with Crippen LogP contribution in [0.15, 0.2) is 10.6 Å². The van der Waals surface area contributed by atoms with Crippen LogP contribution in [-0.4, -0.2) is 10.6 Å². The SMILES string of the molecule is O=CC(Cl)(Cl)C=C(Cl)Cl. The van der Waals surface area contributed by atoms with E-state index in [0.29, 0.717) is 6.29 Å². The van der Waals surface area contributed by atoms with Crippen LogP contribution in [0.3, 0.4) is 0 Å². The first kappa shape index (κ1) is 9.57.